The third-order valence-corrected chi connectivity index (χ3v) is 3.74. The third kappa shape index (κ3) is 4.21. The number of nitrogens with one attached hydrogen (secondary N) is 1. The first-order valence-electron chi connectivity index (χ1n) is 6.81. The molecule has 23 heavy (non-hydrogen) atoms. The first-order chi connectivity index (χ1) is 10.9. The van der Waals surface area contributed by atoms with E-state index in [-0.39, 0.29) is 27.7 Å². The van der Waals surface area contributed by atoms with E-state index in [1.807, 2.05) is 0 Å². The van der Waals surface area contributed by atoms with Crippen LogP contribution in [0.5, 0.6) is 0 Å². The Morgan fingerprint density at radius 3 is 2.39 bits per heavy atom. The molecule has 2 amide bonds. The molecule has 0 atom stereocenters. The first-order valence-corrected chi connectivity index (χ1v) is 7.56. The van der Waals surface area contributed by atoms with E-state index in [0.29, 0.717) is 12.1 Å². The predicted molar refractivity (Wildman–Crippen MR) is 89.9 cm³/mol. The van der Waals surface area contributed by atoms with Crippen molar-refractivity contribution in [3.63, 3.8) is 0 Å². The minimum Gasteiger partial charge on any atom is -0.355 e. The fraction of sp³-hybridized carbons (Fsp3) is 0.188. The summed E-state index contributed by atoms with van der Waals surface area (Å²) in [5.41, 5.74) is 1.56. The quantitative estimate of drug-likeness (QED) is 0.861. The van der Waals surface area contributed by atoms with E-state index in [9.17, 15) is 9.59 Å². The molecule has 1 heterocycles. The maximum atomic E-state index is 12.4. The number of carbonyl (C=O) groups is 2. The van der Waals surface area contributed by atoms with Gasteiger partial charge in [0.1, 0.15) is 10.8 Å². The van der Waals surface area contributed by atoms with Crippen molar-refractivity contribution < 1.29 is 9.59 Å². The SMILES string of the molecule is CNC(=O)c1ccc(CN(C)C(=O)c2nc(Cl)ccc2Cl)cc1. The molecule has 2 aromatic rings. The smallest absolute Gasteiger partial charge is 0.274 e. The van der Waals surface area contributed by atoms with Crippen LogP contribution in [0.3, 0.4) is 0 Å². The van der Waals surface area contributed by atoms with E-state index in [4.69, 9.17) is 23.2 Å². The summed E-state index contributed by atoms with van der Waals surface area (Å²) in [7, 11) is 3.22. The lowest BCUT2D eigenvalue weighted by atomic mass is 10.1. The Labute approximate surface area is 144 Å². The molecule has 0 aliphatic heterocycles. The maximum absolute atomic E-state index is 12.4. The average molecular weight is 352 g/mol. The second-order valence-electron chi connectivity index (χ2n) is 4.90. The van der Waals surface area contributed by atoms with Crippen LogP contribution in [0.4, 0.5) is 0 Å². The Balaban J connectivity index is 2.12. The lowest BCUT2D eigenvalue weighted by Crippen LogP contribution is -2.27. The van der Waals surface area contributed by atoms with Crippen LogP contribution in [0.15, 0.2) is 36.4 Å². The van der Waals surface area contributed by atoms with Crippen LogP contribution in [-0.4, -0.2) is 35.8 Å². The molecule has 0 saturated heterocycles. The van der Waals surface area contributed by atoms with Gasteiger partial charge >= 0.3 is 0 Å². The van der Waals surface area contributed by atoms with Crippen molar-refractivity contribution in [1.82, 2.24) is 15.2 Å². The maximum Gasteiger partial charge on any atom is 0.274 e. The van der Waals surface area contributed by atoms with E-state index in [1.165, 1.54) is 17.0 Å². The summed E-state index contributed by atoms with van der Waals surface area (Å²) in [6.07, 6.45) is 0. The zero-order valence-corrected chi connectivity index (χ0v) is 14.1. The van der Waals surface area contributed by atoms with Crippen molar-refractivity contribution in [3.05, 3.63) is 63.4 Å². The topological polar surface area (TPSA) is 62.3 Å². The van der Waals surface area contributed by atoms with Gasteiger partial charge in [-0.25, -0.2) is 4.98 Å². The van der Waals surface area contributed by atoms with Crippen LogP contribution in [-0.2, 0) is 6.54 Å². The third-order valence-electron chi connectivity index (χ3n) is 3.22. The fourth-order valence-corrected chi connectivity index (χ4v) is 2.33. The van der Waals surface area contributed by atoms with Gasteiger partial charge in [-0.2, -0.15) is 0 Å². The number of nitrogens with zero attached hydrogens (tertiary/aromatic N) is 2. The lowest BCUT2D eigenvalue weighted by molar-refractivity contribution is 0.0779. The highest BCUT2D eigenvalue weighted by atomic mass is 35.5. The molecular formula is C16H15Cl2N3O2. The van der Waals surface area contributed by atoms with Crippen LogP contribution in [0.1, 0.15) is 26.4 Å². The number of amides is 2. The molecule has 0 fully saturated rings. The average Bonchev–Trinajstić information content (AvgIpc) is 2.56. The molecule has 0 spiro atoms. The van der Waals surface area contributed by atoms with Gasteiger partial charge in [0.25, 0.3) is 11.8 Å². The number of benzene rings is 1. The second-order valence-corrected chi connectivity index (χ2v) is 5.70. The second kappa shape index (κ2) is 7.44. The van der Waals surface area contributed by atoms with Gasteiger partial charge in [-0.1, -0.05) is 35.3 Å². The van der Waals surface area contributed by atoms with Crippen molar-refractivity contribution in [2.75, 3.05) is 14.1 Å². The number of hydrogen-bond acceptors (Lipinski definition) is 3. The van der Waals surface area contributed by atoms with Crippen molar-refractivity contribution in [3.8, 4) is 0 Å². The molecule has 0 unspecified atom stereocenters. The van der Waals surface area contributed by atoms with Crippen molar-refractivity contribution in [2.45, 2.75) is 6.54 Å². The summed E-state index contributed by atoms with van der Waals surface area (Å²) in [6, 6.07) is 10.1. The zero-order valence-electron chi connectivity index (χ0n) is 12.6. The molecule has 0 bridgehead atoms. The molecular weight excluding hydrogens is 337 g/mol. The summed E-state index contributed by atoms with van der Waals surface area (Å²) in [5.74, 6) is -0.483. The summed E-state index contributed by atoms with van der Waals surface area (Å²) < 4.78 is 0. The molecule has 1 aromatic carbocycles. The molecule has 5 nitrogen and oxygen atoms in total. The largest absolute Gasteiger partial charge is 0.355 e. The number of rotatable bonds is 4. The van der Waals surface area contributed by atoms with E-state index < -0.39 is 0 Å². The molecule has 0 radical (unpaired) electrons. The van der Waals surface area contributed by atoms with Gasteiger partial charge in [0.05, 0.1) is 5.02 Å². The monoisotopic (exact) mass is 351 g/mol. The van der Waals surface area contributed by atoms with Crippen LogP contribution < -0.4 is 5.32 Å². The van der Waals surface area contributed by atoms with E-state index in [2.05, 4.69) is 10.3 Å². The van der Waals surface area contributed by atoms with Gasteiger partial charge in [-0.05, 0) is 29.8 Å². The standard InChI is InChI=1S/C16H15Cl2N3O2/c1-19-15(22)11-5-3-10(4-6-11)9-21(2)16(23)14-12(17)7-8-13(18)20-14/h3-8H,9H2,1-2H3,(H,19,22). The zero-order chi connectivity index (χ0) is 17.0. The number of hydrogen-bond donors (Lipinski definition) is 1. The highest BCUT2D eigenvalue weighted by Gasteiger charge is 2.17. The minimum absolute atomic E-state index is 0.114. The Bertz CT molecular complexity index is 733. The van der Waals surface area contributed by atoms with Gasteiger partial charge in [0, 0.05) is 26.2 Å². The Kier molecular flexibility index (Phi) is 5.58. The van der Waals surface area contributed by atoms with Gasteiger partial charge in [-0.15, -0.1) is 0 Å². The van der Waals surface area contributed by atoms with Crippen molar-refractivity contribution in [1.29, 1.82) is 0 Å². The molecule has 120 valence electrons. The molecule has 1 N–H and O–H groups in total. The lowest BCUT2D eigenvalue weighted by Gasteiger charge is -2.17. The molecule has 2 rings (SSSR count). The number of aromatic nitrogens is 1. The molecule has 1 aromatic heterocycles. The van der Waals surface area contributed by atoms with Crippen LogP contribution in [0.2, 0.25) is 10.2 Å². The molecule has 7 heteroatoms. The summed E-state index contributed by atoms with van der Waals surface area (Å²) in [4.78, 5) is 29.4. The minimum atomic E-state index is -0.326. The van der Waals surface area contributed by atoms with Gasteiger partial charge in [0.15, 0.2) is 0 Å². The van der Waals surface area contributed by atoms with Crippen molar-refractivity contribution in [2.24, 2.45) is 0 Å². The van der Waals surface area contributed by atoms with Gasteiger partial charge < -0.3 is 10.2 Å². The number of carbonyl (C=O) groups excluding carboxylic acids is 2. The normalized spacial score (nSPS) is 10.3. The highest BCUT2D eigenvalue weighted by Crippen LogP contribution is 2.19. The van der Waals surface area contributed by atoms with Crippen LogP contribution in [0.25, 0.3) is 0 Å². The van der Waals surface area contributed by atoms with Crippen LogP contribution in [0, 0.1) is 0 Å². The van der Waals surface area contributed by atoms with Gasteiger partial charge in [-0.3, -0.25) is 9.59 Å². The van der Waals surface area contributed by atoms with E-state index >= 15 is 0 Å². The first kappa shape index (κ1) is 17.2. The van der Waals surface area contributed by atoms with Crippen molar-refractivity contribution >= 4 is 35.0 Å². The Hall–Kier alpha value is -2.11. The Morgan fingerprint density at radius 2 is 1.78 bits per heavy atom. The Morgan fingerprint density at radius 1 is 1.13 bits per heavy atom. The highest BCUT2D eigenvalue weighted by molar-refractivity contribution is 6.34. The summed E-state index contributed by atoms with van der Waals surface area (Å²) >= 11 is 11.8. The summed E-state index contributed by atoms with van der Waals surface area (Å²) in [5, 5.41) is 3.01. The number of pyridine rings is 1. The van der Waals surface area contributed by atoms with E-state index in [1.54, 1.807) is 38.4 Å². The van der Waals surface area contributed by atoms with Crippen LogP contribution >= 0.6 is 23.2 Å². The van der Waals surface area contributed by atoms with Gasteiger partial charge in [0.2, 0.25) is 0 Å². The molecule has 0 aliphatic rings. The molecule has 0 aliphatic carbocycles. The fourth-order valence-electron chi connectivity index (χ4n) is 2.00. The van der Waals surface area contributed by atoms with E-state index in [0.717, 1.165) is 5.56 Å². The molecule has 0 saturated carbocycles. The summed E-state index contributed by atoms with van der Waals surface area (Å²) in [6.45, 7) is 0.359. The number of halogens is 2. The predicted octanol–water partition coefficient (Wildman–Crippen LogP) is 3.02.